The molecule has 1 N–H and O–H groups in total. The number of methoxy groups -OCH3 is 1. The van der Waals surface area contributed by atoms with Crippen molar-refractivity contribution in [3.8, 4) is 11.5 Å². The van der Waals surface area contributed by atoms with Gasteiger partial charge in [0.05, 0.1) is 7.11 Å². The third kappa shape index (κ3) is 1.44. The lowest BCUT2D eigenvalue weighted by molar-refractivity contribution is 0.405. The predicted octanol–water partition coefficient (Wildman–Crippen LogP) is 1.82. The molecule has 4 nitrogen and oxygen atoms in total. The molecule has 0 unspecified atom stereocenters. The summed E-state index contributed by atoms with van der Waals surface area (Å²) in [5.41, 5.74) is 0.00708. The molecule has 0 spiro atoms. The smallest absolute Gasteiger partial charge is 0.196 e. The van der Waals surface area contributed by atoms with E-state index in [0.717, 1.165) is 0 Å². The molecule has 0 atom stereocenters. The van der Waals surface area contributed by atoms with Gasteiger partial charge >= 0.3 is 0 Å². The maximum absolute atomic E-state index is 11.6. The van der Waals surface area contributed by atoms with Crippen LogP contribution in [0.25, 0.3) is 11.0 Å². The Morgan fingerprint density at radius 2 is 2.13 bits per heavy atom. The van der Waals surface area contributed by atoms with Crippen LogP contribution in [-0.2, 0) is 0 Å². The van der Waals surface area contributed by atoms with Crippen LogP contribution in [0.5, 0.6) is 11.5 Å². The summed E-state index contributed by atoms with van der Waals surface area (Å²) in [4.78, 5) is 11.6. The van der Waals surface area contributed by atoms with E-state index in [1.807, 2.05) is 0 Å². The van der Waals surface area contributed by atoms with Crippen molar-refractivity contribution in [3.63, 3.8) is 0 Å². The van der Waals surface area contributed by atoms with Crippen molar-refractivity contribution >= 4 is 11.0 Å². The van der Waals surface area contributed by atoms with E-state index in [0.29, 0.717) is 11.5 Å². The number of hydrogen-bond acceptors (Lipinski definition) is 4. The standard InChI is InChI=1S/C11H10O4/c1-6-5-8(13)10-7(12)3-4-9(14-2)11(10)15-6/h3-5,12H,1-2H3. The maximum Gasteiger partial charge on any atom is 0.196 e. The number of aryl methyl sites for hydroxylation is 1. The van der Waals surface area contributed by atoms with Crippen molar-refractivity contribution in [2.75, 3.05) is 7.11 Å². The Morgan fingerprint density at radius 3 is 2.80 bits per heavy atom. The second kappa shape index (κ2) is 3.31. The van der Waals surface area contributed by atoms with Gasteiger partial charge < -0.3 is 14.3 Å². The molecule has 2 aromatic rings. The molecule has 0 bridgehead atoms. The molecule has 1 heterocycles. The van der Waals surface area contributed by atoms with Crippen LogP contribution in [0, 0.1) is 6.92 Å². The number of ether oxygens (including phenoxy) is 1. The maximum atomic E-state index is 11.6. The SMILES string of the molecule is COc1ccc(O)c2c(=O)cc(C)oc12. The molecular weight excluding hydrogens is 196 g/mol. The number of fused-ring (bicyclic) bond motifs is 1. The highest BCUT2D eigenvalue weighted by molar-refractivity contribution is 5.87. The zero-order chi connectivity index (χ0) is 11.0. The van der Waals surface area contributed by atoms with E-state index in [4.69, 9.17) is 9.15 Å². The average molecular weight is 206 g/mol. The number of hydrogen-bond donors (Lipinski definition) is 1. The summed E-state index contributed by atoms with van der Waals surface area (Å²) >= 11 is 0. The molecule has 0 saturated carbocycles. The van der Waals surface area contributed by atoms with Gasteiger partial charge in [0.15, 0.2) is 16.8 Å². The first-order valence-corrected chi connectivity index (χ1v) is 4.44. The lowest BCUT2D eigenvalue weighted by Crippen LogP contribution is -2.01. The number of phenolic OH excluding ortho intramolecular Hbond substituents is 1. The van der Waals surface area contributed by atoms with Gasteiger partial charge in [-0.2, -0.15) is 0 Å². The van der Waals surface area contributed by atoms with Crippen molar-refractivity contribution < 1.29 is 14.3 Å². The third-order valence-electron chi connectivity index (χ3n) is 2.16. The summed E-state index contributed by atoms with van der Waals surface area (Å²) < 4.78 is 10.4. The molecule has 0 amide bonds. The van der Waals surface area contributed by atoms with E-state index in [1.54, 1.807) is 13.0 Å². The van der Waals surface area contributed by atoms with Crippen LogP contribution in [0.2, 0.25) is 0 Å². The average Bonchev–Trinajstić information content (AvgIpc) is 2.17. The van der Waals surface area contributed by atoms with Gasteiger partial charge in [-0.05, 0) is 19.1 Å². The molecule has 0 aliphatic carbocycles. The minimum Gasteiger partial charge on any atom is -0.507 e. The van der Waals surface area contributed by atoms with Crippen LogP contribution < -0.4 is 10.2 Å². The molecule has 0 saturated heterocycles. The van der Waals surface area contributed by atoms with Gasteiger partial charge in [0, 0.05) is 6.07 Å². The lowest BCUT2D eigenvalue weighted by atomic mass is 10.2. The van der Waals surface area contributed by atoms with Gasteiger partial charge in [-0.1, -0.05) is 0 Å². The monoisotopic (exact) mass is 206 g/mol. The molecule has 0 aliphatic rings. The first-order chi connectivity index (χ1) is 7.13. The Labute approximate surface area is 85.7 Å². The molecule has 1 aromatic heterocycles. The van der Waals surface area contributed by atoms with E-state index in [-0.39, 0.29) is 22.1 Å². The van der Waals surface area contributed by atoms with Crippen LogP contribution in [0.15, 0.2) is 27.4 Å². The Morgan fingerprint density at radius 1 is 1.40 bits per heavy atom. The van der Waals surface area contributed by atoms with E-state index in [2.05, 4.69) is 0 Å². The number of aromatic hydroxyl groups is 1. The molecule has 0 fully saturated rings. The summed E-state index contributed by atoms with van der Waals surface area (Å²) in [6.45, 7) is 1.67. The fourth-order valence-electron chi connectivity index (χ4n) is 1.50. The molecule has 2 rings (SSSR count). The van der Waals surface area contributed by atoms with E-state index < -0.39 is 0 Å². The Bertz CT molecular complexity index is 569. The summed E-state index contributed by atoms with van der Waals surface area (Å²) in [6.07, 6.45) is 0. The largest absolute Gasteiger partial charge is 0.507 e. The predicted molar refractivity (Wildman–Crippen MR) is 55.4 cm³/mol. The van der Waals surface area contributed by atoms with Gasteiger partial charge in [0.1, 0.15) is 16.9 Å². The quantitative estimate of drug-likeness (QED) is 0.773. The first-order valence-electron chi connectivity index (χ1n) is 4.44. The van der Waals surface area contributed by atoms with Gasteiger partial charge in [-0.15, -0.1) is 0 Å². The van der Waals surface area contributed by atoms with Gasteiger partial charge in [-0.3, -0.25) is 4.79 Å². The fraction of sp³-hybridized carbons (Fsp3) is 0.182. The van der Waals surface area contributed by atoms with Crippen LogP contribution in [0.1, 0.15) is 5.76 Å². The number of rotatable bonds is 1. The molecule has 78 valence electrons. The van der Waals surface area contributed by atoms with Crippen molar-refractivity contribution in [3.05, 3.63) is 34.2 Å². The van der Waals surface area contributed by atoms with Crippen molar-refractivity contribution in [2.24, 2.45) is 0 Å². The van der Waals surface area contributed by atoms with E-state index >= 15 is 0 Å². The molecule has 15 heavy (non-hydrogen) atoms. The van der Waals surface area contributed by atoms with Gasteiger partial charge in [0.2, 0.25) is 0 Å². The normalized spacial score (nSPS) is 10.5. The minimum atomic E-state index is -0.273. The first kappa shape index (κ1) is 9.58. The Balaban J connectivity index is 3.00. The van der Waals surface area contributed by atoms with Crippen LogP contribution >= 0.6 is 0 Å². The number of benzene rings is 1. The summed E-state index contributed by atoms with van der Waals surface area (Å²) in [6, 6.07) is 4.30. The molecular formula is C11H10O4. The van der Waals surface area contributed by atoms with Crippen molar-refractivity contribution in [1.82, 2.24) is 0 Å². The summed E-state index contributed by atoms with van der Waals surface area (Å²) in [5.74, 6) is 0.819. The van der Waals surface area contributed by atoms with Crippen molar-refractivity contribution in [1.29, 1.82) is 0 Å². The third-order valence-corrected chi connectivity index (χ3v) is 2.16. The summed E-state index contributed by atoms with van der Waals surface area (Å²) in [5, 5.41) is 9.70. The van der Waals surface area contributed by atoms with Crippen LogP contribution in [0.4, 0.5) is 0 Å². The Hall–Kier alpha value is -1.97. The number of phenols is 1. The second-order valence-electron chi connectivity index (χ2n) is 3.21. The van der Waals surface area contributed by atoms with Gasteiger partial charge in [-0.25, -0.2) is 0 Å². The van der Waals surface area contributed by atoms with Crippen LogP contribution in [-0.4, -0.2) is 12.2 Å². The second-order valence-corrected chi connectivity index (χ2v) is 3.21. The van der Waals surface area contributed by atoms with E-state index in [9.17, 15) is 9.90 Å². The molecule has 0 aliphatic heterocycles. The molecule has 4 heteroatoms. The zero-order valence-corrected chi connectivity index (χ0v) is 8.40. The summed E-state index contributed by atoms with van der Waals surface area (Å²) in [7, 11) is 1.48. The minimum absolute atomic E-state index is 0.0976. The van der Waals surface area contributed by atoms with Crippen LogP contribution in [0.3, 0.4) is 0 Å². The van der Waals surface area contributed by atoms with Gasteiger partial charge in [0.25, 0.3) is 0 Å². The highest BCUT2D eigenvalue weighted by atomic mass is 16.5. The highest BCUT2D eigenvalue weighted by Crippen LogP contribution is 2.30. The zero-order valence-electron chi connectivity index (χ0n) is 8.40. The molecule has 1 aromatic carbocycles. The highest BCUT2D eigenvalue weighted by Gasteiger charge is 2.12. The topological polar surface area (TPSA) is 59.7 Å². The van der Waals surface area contributed by atoms with Crippen molar-refractivity contribution in [2.45, 2.75) is 6.92 Å². The fourth-order valence-corrected chi connectivity index (χ4v) is 1.50. The lowest BCUT2D eigenvalue weighted by Gasteiger charge is -2.05. The Kier molecular flexibility index (Phi) is 2.11. The molecule has 0 radical (unpaired) electrons. The van der Waals surface area contributed by atoms with E-state index in [1.165, 1.54) is 19.2 Å².